The molecule has 2 aromatic carbocycles. The number of methoxy groups -OCH3 is 1. The summed E-state index contributed by atoms with van der Waals surface area (Å²) in [5.74, 6) is 1.20. The molecule has 0 aliphatic rings. The zero-order valence-corrected chi connectivity index (χ0v) is 10.5. The monoisotopic (exact) mass is 255 g/mol. The molecule has 19 heavy (non-hydrogen) atoms. The van der Waals surface area contributed by atoms with E-state index >= 15 is 0 Å². The molecule has 96 valence electrons. The molecule has 0 bridgehead atoms. The number of aromatic nitrogens is 1. The Morgan fingerprint density at radius 3 is 2.79 bits per heavy atom. The van der Waals surface area contributed by atoms with E-state index in [9.17, 15) is 5.11 Å². The Morgan fingerprint density at radius 1 is 1.16 bits per heavy atom. The van der Waals surface area contributed by atoms with E-state index < -0.39 is 0 Å². The van der Waals surface area contributed by atoms with E-state index in [0.717, 1.165) is 16.6 Å². The van der Waals surface area contributed by atoms with Gasteiger partial charge in [0, 0.05) is 5.56 Å². The standard InChI is InChI=1S/C15H13NO3/c1-18-13-8-3-2-6-11(13)15-16-12-7-4-5-10(9-17)14(12)19-15/h2-8,17H,9H2,1H3. The fourth-order valence-corrected chi connectivity index (χ4v) is 2.07. The van der Waals surface area contributed by atoms with Gasteiger partial charge in [-0.15, -0.1) is 0 Å². The fraction of sp³-hybridized carbons (Fsp3) is 0.133. The zero-order chi connectivity index (χ0) is 13.2. The number of ether oxygens (including phenoxy) is 1. The van der Waals surface area contributed by atoms with Gasteiger partial charge in [-0.25, -0.2) is 4.98 Å². The molecule has 0 amide bonds. The summed E-state index contributed by atoms with van der Waals surface area (Å²) in [5, 5.41) is 9.30. The molecule has 3 rings (SSSR count). The summed E-state index contributed by atoms with van der Waals surface area (Å²) < 4.78 is 11.1. The molecule has 0 radical (unpaired) electrons. The Balaban J connectivity index is 2.21. The topological polar surface area (TPSA) is 55.5 Å². The minimum Gasteiger partial charge on any atom is -0.496 e. The second kappa shape index (κ2) is 4.74. The predicted octanol–water partition coefficient (Wildman–Crippen LogP) is 3.00. The second-order valence-electron chi connectivity index (χ2n) is 4.14. The predicted molar refractivity (Wildman–Crippen MR) is 71.9 cm³/mol. The number of hydrogen-bond acceptors (Lipinski definition) is 4. The highest BCUT2D eigenvalue weighted by Crippen LogP contribution is 2.32. The van der Waals surface area contributed by atoms with Crippen molar-refractivity contribution >= 4 is 11.1 Å². The summed E-state index contributed by atoms with van der Waals surface area (Å²) in [4.78, 5) is 4.44. The molecule has 0 aliphatic heterocycles. The molecule has 0 atom stereocenters. The highest BCUT2D eigenvalue weighted by Gasteiger charge is 2.14. The van der Waals surface area contributed by atoms with Gasteiger partial charge in [-0.05, 0) is 18.2 Å². The third-order valence-electron chi connectivity index (χ3n) is 3.00. The van der Waals surface area contributed by atoms with Crippen molar-refractivity contribution in [3.63, 3.8) is 0 Å². The van der Waals surface area contributed by atoms with Gasteiger partial charge in [0.25, 0.3) is 0 Å². The molecule has 1 N–H and O–H groups in total. The molecule has 0 fully saturated rings. The number of fused-ring (bicyclic) bond motifs is 1. The molecule has 4 heteroatoms. The molecule has 0 saturated carbocycles. The van der Waals surface area contributed by atoms with Crippen molar-refractivity contribution in [2.75, 3.05) is 7.11 Å². The third-order valence-corrected chi connectivity index (χ3v) is 3.00. The Hall–Kier alpha value is -2.33. The third kappa shape index (κ3) is 1.96. The Morgan fingerprint density at radius 2 is 2.00 bits per heavy atom. The SMILES string of the molecule is COc1ccccc1-c1nc2cccc(CO)c2o1. The van der Waals surface area contributed by atoms with Crippen LogP contribution in [0.3, 0.4) is 0 Å². The number of oxazole rings is 1. The van der Waals surface area contributed by atoms with Gasteiger partial charge in [0.2, 0.25) is 5.89 Å². The number of para-hydroxylation sites is 2. The van der Waals surface area contributed by atoms with Crippen molar-refractivity contribution in [3.8, 4) is 17.2 Å². The average molecular weight is 255 g/mol. The van der Waals surface area contributed by atoms with Gasteiger partial charge >= 0.3 is 0 Å². The van der Waals surface area contributed by atoms with Crippen LogP contribution in [0.5, 0.6) is 5.75 Å². The molecular weight excluding hydrogens is 242 g/mol. The van der Waals surface area contributed by atoms with Crippen LogP contribution in [0.15, 0.2) is 46.9 Å². The van der Waals surface area contributed by atoms with E-state index in [1.807, 2.05) is 42.5 Å². The zero-order valence-electron chi connectivity index (χ0n) is 10.5. The van der Waals surface area contributed by atoms with Gasteiger partial charge in [0.1, 0.15) is 11.3 Å². The van der Waals surface area contributed by atoms with Gasteiger partial charge in [0.05, 0.1) is 19.3 Å². The summed E-state index contributed by atoms with van der Waals surface area (Å²) in [7, 11) is 1.61. The van der Waals surface area contributed by atoms with Crippen LogP contribution in [0.2, 0.25) is 0 Å². The van der Waals surface area contributed by atoms with E-state index in [0.29, 0.717) is 17.2 Å². The first-order valence-electron chi connectivity index (χ1n) is 5.96. The smallest absolute Gasteiger partial charge is 0.231 e. The number of aliphatic hydroxyl groups is 1. The lowest BCUT2D eigenvalue weighted by Gasteiger charge is -2.03. The van der Waals surface area contributed by atoms with E-state index in [-0.39, 0.29) is 6.61 Å². The first kappa shape index (κ1) is 11.7. The Labute approximate surface area is 110 Å². The summed E-state index contributed by atoms with van der Waals surface area (Å²) in [5.41, 5.74) is 2.87. The molecule has 0 unspecified atom stereocenters. The van der Waals surface area contributed by atoms with Crippen molar-refractivity contribution in [1.82, 2.24) is 4.98 Å². The van der Waals surface area contributed by atoms with Crippen molar-refractivity contribution in [2.45, 2.75) is 6.61 Å². The maximum atomic E-state index is 9.30. The van der Waals surface area contributed by atoms with E-state index in [4.69, 9.17) is 9.15 Å². The van der Waals surface area contributed by atoms with E-state index in [2.05, 4.69) is 4.98 Å². The first-order chi connectivity index (χ1) is 9.33. The van der Waals surface area contributed by atoms with Gasteiger partial charge in [-0.1, -0.05) is 24.3 Å². The van der Waals surface area contributed by atoms with Gasteiger partial charge in [-0.2, -0.15) is 0 Å². The van der Waals surface area contributed by atoms with Gasteiger partial charge in [0.15, 0.2) is 5.58 Å². The Kier molecular flexibility index (Phi) is 2.93. The molecule has 3 aromatic rings. The first-order valence-corrected chi connectivity index (χ1v) is 5.96. The van der Waals surface area contributed by atoms with E-state index in [1.54, 1.807) is 7.11 Å². The van der Waals surface area contributed by atoms with Crippen LogP contribution in [0.25, 0.3) is 22.6 Å². The van der Waals surface area contributed by atoms with Crippen molar-refractivity contribution < 1.29 is 14.3 Å². The van der Waals surface area contributed by atoms with Crippen LogP contribution in [-0.4, -0.2) is 17.2 Å². The van der Waals surface area contributed by atoms with Crippen LogP contribution in [0.4, 0.5) is 0 Å². The number of benzene rings is 2. The molecule has 0 aliphatic carbocycles. The molecule has 1 heterocycles. The normalized spacial score (nSPS) is 10.8. The molecule has 0 spiro atoms. The average Bonchev–Trinajstić information content (AvgIpc) is 2.90. The highest BCUT2D eigenvalue weighted by atomic mass is 16.5. The largest absolute Gasteiger partial charge is 0.496 e. The Bertz CT molecular complexity index is 718. The van der Waals surface area contributed by atoms with Crippen molar-refractivity contribution in [2.24, 2.45) is 0 Å². The summed E-state index contributed by atoms with van der Waals surface area (Å²) in [6, 6.07) is 13.1. The van der Waals surface area contributed by atoms with Crippen LogP contribution in [0.1, 0.15) is 5.56 Å². The van der Waals surface area contributed by atoms with Crippen LogP contribution in [-0.2, 0) is 6.61 Å². The van der Waals surface area contributed by atoms with E-state index in [1.165, 1.54) is 0 Å². The van der Waals surface area contributed by atoms with Gasteiger partial charge < -0.3 is 14.3 Å². The number of aliphatic hydroxyl groups excluding tert-OH is 1. The maximum absolute atomic E-state index is 9.30. The van der Waals surface area contributed by atoms with Crippen LogP contribution < -0.4 is 4.74 Å². The number of nitrogens with zero attached hydrogens (tertiary/aromatic N) is 1. The quantitative estimate of drug-likeness (QED) is 0.781. The highest BCUT2D eigenvalue weighted by molar-refractivity contribution is 5.80. The maximum Gasteiger partial charge on any atom is 0.231 e. The lowest BCUT2D eigenvalue weighted by Crippen LogP contribution is -1.86. The lowest BCUT2D eigenvalue weighted by atomic mass is 10.2. The minimum absolute atomic E-state index is 0.0715. The van der Waals surface area contributed by atoms with Crippen molar-refractivity contribution in [3.05, 3.63) is 48.0 Å². The summed E-state index contributed by atoms with van der Waals surface area (Å²) in [6.45, 7) is -0.0715. The molecule has 1 aromatic heterocycles. The van der Waals surface area contributed by atoms with Crippen molar-refractivity contribution in [1.29, 1.82) is 0 Å². The van der Waals surface area contributed by atoms with Gasteiger partial charge in [-0.3, -0.25) is 0 Å². The van der Waals surface area contributed by atoms with Crippen LogP contribution >= 0.6 is 0 Å². The summed E-state index contributed by atoms with van der Waals surface area (Å²) in [6.07, 6.45) is 0. The second-order valence-corrected chi connectivity index (χ2v) is 4.14. The molecule has 0 saturated heterocycles. The molecule has 4 nitrogen and oxygen atoms in total. The summed E-state index contributed by atoms with van der Waals surface area (Å²) >= 11 is 0. The number of hydrogen-bond donors (Lipinski definition) is 1. The number of rotatable bonds is 3. The molecular formula is C15H13NO3. The van der Waals surface area contributed by atoms with Crippen LogP contribution in [0, 0.1) is 0 Å². The lowest BCUT2D eigenvalue weighted by molar-refractivity contribution is 0.282. The minimum atomic E-state index is -0.0715. The fourth-order valence-electron chi connectivity index (χ4n) is 2.07.